The van der Waals surface area contributed by atoms with Crippen molar-refractivity contribution in [3.05, 3.63) is 52.6 Å². The van der Waals surface area contributed by atoms with Gasteiger partial charge >= 0.3 is 6.18 Å². The lowest BCUT2D eigenvalue weighted by Crippen LogP contribution is -2.16. The van der Waals surface area contributed by atoms with Crippen LogP contribution in [0.3, 0.4) is 0 Å². The van der Waals surface area contributed by atoms with Crippen molar-refractivity contribution in [2.24, 2.45) is 4.99 Å². The average Bonchev–Trinajstić information content (AvgIpc) is 3.39. The van der Waals surface area contributed by atoms with E-state index in [-0.39, 0.29) is 11.7 Å². The molecule has 1 saturated carbocycles. The molecule has 0 atom stereocenters. The number of halogens is 5. The highest BCUT2D eigenvalue weighted by atomic mass is 35.5. The zero-order chi connectivity index (χ0) is 19.6. The highest BCUT2D eigenvalue weighted by Crippen LogP contribution is 2.33. The minimum absolute atomic E-state index is 0.0691. The number of pyridine rings is 1. The van der Waals surface area contributed by atoms with E-state index < -0.39 is 17.7 Å². The first-order valence-electron chi connectivity index (χ1n) is 8.18. The van der Waals surface area contributed by atoms with Crippen LogP contribution in [0.2, 0.25) is 5.15 Å². The minimum atomic E-state index is -4.30. The molecule has 1 aliphatic carbocycles. The molecule has 0 aliphatic heterocycles. The third kappa shape index (κ3) is 5.84. The fourth-order valence-corrected chi connectivity index (χ4v) is 3.19. The Bertz CT molecular complexity index is 849. The highest BCUT2D eigenvalue weighted by Gasteiger charge is 2.28. The van der Waals surface area contributed by atoms with Gasteiger partial charge in [-0.25, -0.2) is 9.37 Å². The molecule has 0 saturated heterocycles. The summed E-state index contributed by atoms with van der Waals surface area (Å²) in [6.07, 6.45) is -0.904. The van der Waals surface area contributed by atoms with Gasteiger partial charge in [-0.1, -0.05) is 11.6 Å². The first-order chi connectivity index (χ1) is 12.7. The number of hydrogen-bond donors (Lipinski definition) is 1. The van der Waals surface area contributed by atoms with Crippen LogP contribution in [0.25, 0.3) is 0 Å². The van der Waals surface area contributed by atoms with Gasteiger partial charge in [-0.15, -0.1) is 11.8 Å². The predicted octanol–water partition coefficient (Wildman–Crippen LogP) is 5.86. The maximum absolute atomic E-state index is 14.4. The van der Waals surface area contributed by atoms with Crippen LogP contribution in [0, 0.1) is 12.7 Å². The molecule has 1 fully saturated rings. The summed E-state index contributed by atoms with van der Waals surface area (Å²) in [7, 11) is 0. The topological polar surface area (TPSA) is 37.3 Å². The summed E-state index contributed by atoms with van der Waals surface area (Å²) < 4.78 is 52.0. The van der Waals surface area contributed by atoms with Crippen molar-refractivity contribution in [1.82, 2.24) is 4.98 Å². The molecule has 3 nitrogen and oxygen atoms in total. The molecule has 1 N–H and O–H groups in total. The Hall–Kier alpha value is -1.80. The molecule has 27 heavy (non-hydrogen) atoms. The summed E-state index contributed by atoms with van der Waals surface area (Å²) in [5.74, 6) is -1.19. The zero-order valence-corrected chi connectivity index (χ0v) is 15.9. The first-order valence-corrected chi connectivity index (χ1v) is 9.54. The number of rotatable bonds is 5. The summed E-state index contributed by atoms with van der Waals surface area (Å²) in [4.78, 5) is 8.89. The van der Waals surface area contributed by atoms with Crippen LogP contribution in [0.5, 0.6) is 0 Å². The Morgan fingerprint density at radius 1 is 1.33 bits per heavy atom. The number of amidine groups is 1. The molecule has 1 aromatic heterocycles. The maximum atomic E-state index is 14.4. The Labute approximate surface area is 163 Å². The van der Waals surface area contributed by atoms with Gasteiger partial charge in [0.25, 0.3) is 0 Å². The van der Waals surface area contributed by atoms with Crippen LogP contribution in [-0.2, 0) is 0 Å². The van der Waals surface area contributed by atoms with Crippen LogP contribution >= 0.6 is 23.4 Å². The van der Waals surface area contributed by atoms with E-state index in [9.17, 15) is 17.6 Å². The van der Waals surface area contributed by atoms with Crippen LogP contribution in [-0.4, -0.2) is 28.8 Å². The molecule has 3 rings (SSSR count). The molecule has 0 bridgehead atoms. The normalized spacial score (nSPS) is 15.1. The number of benzene rings is 1. The van der Waals surface area contributed by atoms with Crippen LogP contribution in [0.1, 0.15) is 24.0 Å². The van der Waals surface area contributed by atoms with Crippen molar-refractivity contribution in [1.29, 1.82) is 0 Å². The second-order valence-electron chi connectivity index (χ2n) is 6.20. The van der Waals surface area contributed by atoms with E-state index in [1.807, 2.05) is 0 Å². The molecular weight excluding hydrogens is 402 g/mol. The number of alkyl halides is 3. The molecule has 0 unspecified atom stereocenters. The number of nitrogens with one attached hydrogen (secondary N) is 1. The number of anilines is 1. The van der Waals surface area contributed by atoms with E-state index >= 15 is 0 Å². The second-order valence-corrected chi connectivity index (χ2v) is 7.61. The van der Waals surface area contributed by atoms with Crippen molar-refractivity contribution in [2.45, 2.75) is 36.9 Å². The van der Waals surface area contributed by atoms with Gasteiger partial charge in [0.2, 0.25) is 0 Å². The lowest BCUT2D eigenvalue weighted by atomic mass is 10.2. The number of hydrogen-bond acceptors (Lipinski definition) is 3. The van der Waals surface area contributed by atoms with Crippen molar-refractivity contribution in [2.75, 3.05) is 11.1 Å². The van der Waals surface area contributed by atoms with Gasteiger partial charge < -0.3 is 5.32 Å². The molecule has 0 radical (unpaired) electrons. The number of aliphatic imine (C=N–C) groups is 1. The van der Waals surface area contributed by atoms with Crippen LogP contribution < -0.4 is 5.32 Å². The first kappa shape index (κ1) is 19.9. The van der Waals surface area contributed by atoms with Crippen molar-refractivity contribution in [3.8, 4) is 0 Å². The summed E-state index contributed by atoms with van der Waals surface area (Å²) in [6, 6.07) is 6.05. The quantitative estimate of drug-likeness (QED) is 0.218. The fraction of sp³-hybridized carbons (Fsp3) is 0.333. The summed E-state index contributed by atoms with van der Waals surface area (Å²) in [6.45, 7) is 1.58. The average molecular weight is 418 g/mol. The van der Waals surface area contributed by atoms with Crippen LogP contribution in [0.15, 0.2) is 40.4 Å². The van der Waals surface area contributed by atoms with E-state index in [1.165, 1.54) is 18.3 Å². The van der Waals surface area contributed by atoms with Gasteiger partial charge in [-0.05, 0) is 49.6 Å². The standard InChI is InChI=1S/C18H16ClF4N3S/c1-10-6-13(20)14(7-15(10)27-9-18(21,22)23)26-17(25-12-3-4-12)11-2-5-16(19)24-8-11/h2,5-8,12H,3-4,9H2,1H3,(H,25,26). The van der Waals surface area contributed by atoms with Gasteiger partial charge in [0.05, 0.1) is 17.5 Å². The number of aryl methyl sites for hydroxylation is 1. The molecular formula is C18H16ClF4N3S. The van der Waals surface area contributed by atoms with E-state index in [1.54, 1.807) is 19.1 Å². The smallest absolute Gasteiger partial charge is 0.338 e. The third-order valence-corrected chi connectivity index (χ3v) is 5.21. The molecule has 0 spiro atoms. The maximum Gasteiger partial charge on any atom is 0.398 e. The SMILES string of the molecule is Cc1cc(F)c(NC(=NC2CC2)c2ccc(Cl)nc2)cc1SCC(F)(F)F. The number of aromatic nitrogens is 1. The van der Waals surface area contributed by atoms with Gasteiger partial charge in [0.15, 0.2) is 0 Å². The Morgan fingerprint density at radius 2 is 2.07 bits per heavy atom. The molecule has 1 heterocycles. The van der Waals surface area contributed by atoms with Crippen LogP contribution in [0.4, 0.5) is 23.2 Å². The van der Waals surface area contributed by atoms with Gasteiger partial charge in [0, 0.05) is 16.7 Å². The van der Waals surface area contributed by atoms with Gasteiger partial charge in [-0.2, -0.15) is 13.2 Å². The van der Waals surface area contributed by atoms with Crippen molar-refractivity contribution >= 4 is 34.9 Å². The van der Waals surface area contributed by atoms with Gasteiger partial charge in [0.1, 0.15) is 16.8 Å². The van der Waals surface area contributed by atoms with E-state index in [0.29, 0.717) is 38.8 Å². The largest absolute Gasteiger partial charge is 0.398 e. The summed E-state index contributed by atoms with van der Waals surface area (Å²) in [5, 5.41) is 3.23. The Kier molecular flexibility index (Phi) is 5.95. The zero-order valence-electron chi connectivity index (χ0n) is 14.3. The Morgan fingerprint density at radius 3 is 2.67 bits per heavy atom. The van der Waals surface area contributed by atoms with E-state index in [2.05, 4.69) is 15.3 Å². The third-order valence-electron chi connectivity index (χ3n) is 3.77. The van der Waals surface area contributed by atoms with E-state index in [0.717, 1.165) is 12.8 Å². The summed E-state index contributed by atoms with van der Waals surface area (Å²) >= 11 is 6.43. The lowest BCUT2D eigenvalue weighted by Gasteiger charge is -2.15. The monoisotopic (exact) mass is 417 g/mol. The molecule has 9 heteroatoms. The second kappa shape index (κ2) is 8.06. The molecule has 1 aromatic carbocycles. The molecule has 0 amide bonds. The lowest BCUT2D eigenvalue weighted by molar-refractivity contribution is -0.105. The molecule has 1 aliphatic rings. The highest BCUT2D eigenvalue weighted by molar-refractivity contribution is 7.99. The fourth-order valence-electron chi connectivity index (χ4n) is 2.27. The number of nitrogens with zero attached hydrogens (tertiary/aromatic N) is 2. The molecule has 2 aromatic rings. The minimum Gasteiger partial charge on any atom is -0.338 e. The van der Waals surface area contributed by atoms with Gasteiger partial charge in [-0.3, -0.25) is 4.99 Å². The molecule has 144 valence electrons. The Balaban J connectivity index is 1.88. The predicted molar refractivity (Wildman–Crippen MR) is 100 cm³/mol. The van der Waals surface area contributed by atoms with Crippen molar-refractivity contribution < 1.29 is 17.6 Å². The van der Waals surface area contributed by atoms with E-state index in [4.69, 9.17) is 11.6 Å². The summed E-state index contributed by atoms with van der Waals surface area (Å²) in [5.41, 5.74) is 1.14. The number of thioether (sulfide) groups is 1. The van der Waals surface area contributed by atoms with Crippen molar-refractivity contribution in [3.63, 3.8) is 0 Å².